The molecule has 0 aliphatic heterocycles. The van der Waals surface area contributed by atoms with E-state index < -0.39 is 5.97 Å². The lowest BCUT2D eigenvalue weighted by Crippen LogP contribution is -2.02. The topological polar surface area (TPSA) is 46.5 Å². The molecular weight excluding hydrogens is 228 g/mol. The summed E-state index contributed by atoms with van der Waals surface area (Å²) < 4.78 is 5.34. The molecule has 0 aliphatic rings. The van der Waals surface area contributed by atoms with Crippen molar-refractivity contribution in [3.05, 3.63) is 42.2 Å². The molecule has 0 radical (unpaired) electrons. The number of benzene rings is 1. The third kappa shape index (κ3) is 5.53. The third-order valence-corrected chi connectivity index (χ3v) is 2.65. The first kappa shape index (κ1) is 14.3. The minimum absolute atomic E-state index is 0.329. The van der Waals surface area contributed by atoms with Crippen LogP contribution in [0.5, 0.6) is 5.75 Å². The van der Waals surface area contributed by atoms with Crippen molar-refractivity contribution in [3.8, 4) is 5.75 Å². The van der Waals surface area contributed by atoms with Gasteiger partial charge in [0.25, 0.3) is 0 Å². The zero-order valence-corrected chi connectivity index (χ0v) is 10.8. The number of carboxylic acids is 1. The fourth-order valence-electron chi connectivity index (χ4n) is 1.60. The van der Waals surface area contributed by atoms with E-state index in [2.05, 4.69) is 6.92 Å². The highest BCUT2D eigenvalue weighted by molar-refractivity contribution is 5.86. The molecule has 0 heterocycles. The van der Waals surface area contributed by atoms with Crippen molar-refractivity contribution in [3.63, 3.8) is 0 Å². The molecule has 1 aromatic carbocycles. The molecule has 0 atom stereocenters. The van der Waals surface area contributed by atoms with E-state index in [4.69, 9.17) is 9.84 Å². The van der Waals surface area contributed by atoms with E-state index >= 15 is 0 Å². The van der Waals surface area contributed by atoms with Crippen LogP contribution in [-0.4, -0.2) is 11.1 Å². The molecule has 0 saturated carbocycles. The fraction of sp³-hybridized carbons (Fsp3) is 0.400. The van der Waals surface area contributed by atoms with Gasteiger partial charge in [0.1, 0.15) is 12.0 Å². The van der Waals surface area contributed by atoms with Gasteiger partial charge in [0.15, 0.2) is 0 Å². The van der Waals surface area contributed by atoms with Crippen LogP contribution >= 0.6 is 0 Å². The number of unbranched alkanes of at least 4 members (excludes halogenated alkanes) is 3. The molecule has 98 valence electrons. The van der Waals surface area contributed by atoms with Gasteiger partial charge in [0.05, 0.1) is 5.57 Å². The summed E-state index contributed by atoms with van der Waals surface area (Å²) in [5, 5.41) is 9.06. The van der Waals surface area contributed by atoms with Gasteiger partial charge < -0.3 is 9.84 Å². The van der Waals surface area contributed by atoms with E-state index in [1.807, 2.05) is 18.2 Å². The molecule has 1 N–H and O–H groups in total. The number of rotatable bonds is 8. The van der Waals surface area contributed by atoms with Crippen LogP contribution in [0, 0.1) is 0 Å². The van der Waals surface area contributed by atoms with Crippen molar-refractivity contribution < 1.29 is 14.6 Å². The fourth-order valence-corrected chi connectivity index (χ4v) is 1.60. The second kappa shape index (κ2) is 8.34. The predicted octanol–water partition coefficient (Wildman–Crippen LogP) is 4.00. The minimum Gasteiger partial charge on any atom is -0.478 e. The maximum Gasteiger partial charge on any atom is 0.334 e. The number of aliphatic carboxylic acids is 1. The highest BCUT2D eigenvalue weighted by atomic mass is 16.5. The van der Waals surface area contributed by atoms with Gasteiger partial charge in [-0.3, -0.25) is 0 Å². The molecular formula is C15H20O3. The molecule has 0 spiro atoms. The number of carboxylic acid groups (broad SMARTS) is 1. The number of hydrogen-bond donors (Lipinski definition) is 1. The Hall–Kier alpha value is -1.77. The van der Waals surface area contributed by atoms with Crippen LogP contribution in [0.25, 0.3) is 0 Å². The normalized spacial score (nSPS) is 11.3. The first-order valence-electron chi connectivity index (χ1n) is 6.38. The molecule has 0 amide bonds. The number of para-hydroxylation sites is 1. The summed E-state index contributed by atoms with van der Waals surface area (Å²) in [5.74, 6) is -0.243. The highest BCUT2D eigenvalue weighted by Crippen LogP contribution is 2.14. The molecule has 1 aromatic rings. The molecule has 3 heteroatoms. The maximum atomic E-state index is 11.0. The smallest absolute Gasteiger partial charge is 0.334 e. The average Bonchev–Trinajstić information content (AvgIpc) is 2.38. The molecule has 0 unspecified atom stereocenters. The zero-order valence-electron chi connectivity index (χ0n) is 10.8. The Morgan fingerprint density at radius 1 is 1.22 bits per heavy atom. The van der Waals surface area contributed by atoms with Gasteiger partial charge in [-0.1, -0.05) is 44.4 Å². The summed E-state index contributed by atoms with van der Waals surface area (Å²) in [5.41, 5.74) is 0.329. The van der Waals surface area contributed by atoms with Gasteiger partial charge in [0.2, 0.25) is 0 Å². The van der Waals surface area contributed by atoms with E-state index in [0.29, 0.717) is 17.7 Å². The molecule has 3 nitrogen and oxygen atoms in total. The van der Waals surface area contributed by atoms with Gasteiger partial charge >= 0.3 is 5.97 Å². The Labute approximate surface area is 108 Å². The van der Waals surface area contributed by atoms with Crippen LogP contribution < -0.4 is 4.74 Å². The molecule has 0 aromatic heterocycles. The van der Waals surface area contributed by atoms with Gasteiger partial charge in [-0.05, 0) is 25.0 Å². The SMILES string of the molecule is CCCCCCC(=COc1ccccc1)C(=O)O. The van der Waals surface area contributed by atoms with Crippen molar-refractivity contribution in [2.75, 3.05) is 0 Å². The maximum absolute atomic E-state index is 11.0. The number of ether oxygens (including phenoxy) is 1. The van der Waals surface area contributed by atoms with E-state index in [1.54, 1.807) is 12.1 Å². The van der Waals surface area contributed by atoms with Crippen LogP contribution in [0.1, 0.15) is 39.0 Å². The molecule has 0 bridgehead atoms. The minimum atomic E-state index is -0.901. The van der Waals surface area contributed by atoms with Gasteiger partial charge in [-0.15, -0.1) is 0 Å². The molecule has 1 rings (SSSR count). The standard InChI is InChI=1S/C15H20O3/c1-2-3-4-6-9-13(15(16)17)12-18-14-10-7-5-8-11-14/h5,7-8,10-12H,2-4,6,9H2,1H3,(H,16,17). The van der Waals surface area contributed by atoms with Crippen LogP contribution in [0.15, 0.2) is 42.2 Å². The Morgan fingerprint density at radius 3 is 2.56 bits per heavy atom. The lowest BCUT2D eigenvalue weighted by atomic mass is 10.1. The predicted molar refractivity (Wildman–Crippen MR) is 71.5 cm³/mol. The van der Waals surface area contributed by atoms with E-state index in [1.165, 1.54) is 6.26 Å². The summed E-state index contributed by atoms with van der Waals surface area (Å²) in [6.45, 7) is 2.13. The summed E-state index contributed by atoms with van der Waals surface area (Å²) in [6, 6.07) is 9.19. The largest absolute Gasteiger partial charge is 0.478 e. The Kier molecular flexibility index (Phi) is 6.62. The van der Waals surface area contributed by atoms with Crippen LogP contribution in [-0.2, 0) is 4.79 Å². The summed E-state index contributed by atoms with van der Waals surface area (Å²) in [7, 11) is 0. The first-order chi connectivity index (χ1) is 8.74. The molecule has 18 heavy (non-hydrogen) atoms. The van der Waals surface area contributed by atoms with Crippen molar-refractivity contribution in [1.29, 1.82) is 0 Å². The third-order valence-electron chi connectivity index (χ3n) is 2.65. The van der Waals surface area contributed by atoms with Gasteiger partial charge in [-0.25, -0.2) is 4.79 Å². The second-order valence-corrected chi connectivity index (χ2v) is 4.19. The summed E-state index contributed by atoms with van der Waals surface area (Å²) >= 11 is 0. The Bertz CT molecular complexity index is 382. The van der Waals surface area contributed by atoms with E-state index in [9.17, 15) is 4.79 Å². The number of carbonyl (C=O) groups is 1. The van der Waals surface area contributed by atoms with Gasteiger partial charge in [0, 0.05) is 0 Å². The van der Waals surface area contributed by atoms with Gasteiger partial charge in [-0.2, -0.15) is 0 Å². The van der Waals surface area contributed by atoms with Crippen LogP contribution in [0.4, 0.5) is 0 Å². The molecule has 0 fully saturated rings. The van der Waals surface area contributed by atoms with E-state index in [0.717, 1.165) is 25.7 Å². The van der Waals surface area contributed by atoms with Crippen molar-refractivity contribution in [2.45, 2.75) is 39.0 Å². The average molecular weight is 248 g/mol. The molecule has 0 saturated heterocycles. The summed E-state index contributed by atoms with van der Waals surface area (Å²) in [6.07, 6.45) is 6.15. The highest BCUT2D eigenvalue weighted by Gasteiger charge is 2.07. The lowest BCUT2D eigenvalue weighted by molar-refractivity contribution is -0.132. The first-order valence-corrected chi connectivity index (χ1v) is 6.38. The van der Waals surface area contributed by atoms with Crippen molar-refractivity contribution >= 4 is 5.97 Å². The lowest BCUT2D eigenvalue weighted by Gasteiger charge is -2.04. The monoisotopic (exact) mass is 248 g/mol. The Morgan fingerprint density at radius 2 is 1.94 bits per heavy atom. The number of hydrogen-bond acceptors (Lipinski definition) is 2. The van der Waals surface area contributed by atoms with E-state index in [-0.39, 0.29) is 0 Å². The van der Waals surface area contributed by atoms with Crippen LogP contribution in [0.2, 0.25) is 0 Å². The quantitative estimate of drug-likeness (QED) is 0.429. The zero-order chi connectivity index (χ0) is 13.2. The summed E-state index contributed by atoms with van der Waals surface area (Å²) in [4.78, 5) is 11.0. The van der Waals surface area contributed by atoms with Crippen molar-refractivity contribution in [1.82, 2.24) is 0 Å². The molecule has 0 aliphatic carbocycles. The van der Waals surface area contributed by atoms with Crippen molar-refractivity contribution in [2.24, 2.45) is 0 Å². The second-order valence-electron chi connectivity index (χ2n) is 4.19. The van der Waals surface area contributed by atoms with Crippen LogP contribution in [0.3, 0.4) is 0 Å². The Balaban J connectivity index is 2.48.